The molecule has 0 aliphatic carbocycles. The van der Waals surface area contributed by atoms with E-state index in [1.54, 1.807) is 6.92 Å². The zero-order valence-electron chi connectivity index (χ0n) is 11.3. The highest BCUT2D eigenvalue weighted by Gasteiger charge is 2.33. The van der Waals surface area contributed by atoms with Gasteiger partial charge in [-0.25, -0.2) is 0 Å². The number of carbonyl (C=O) groups is 1. The van der Waals surface area contributed by atoms with Crippen molar-refractivity contribution >= 4 is 5.97 Å². The highest BCUT2D eigenvalue weighted by atomic mass is 16.4. The van der Waals surface area contributed by atoms with Gasteiger partial charge < -0.3 is 15.3 Å². The molecule has 1 aliphatic rings. The second kappa shape index (κ2) is 6.36. The van der Waals surface area contributed by atoms with Crippen molar-refractivity contribution in [3.05, 3.63) is 0 Å². The molecular weight excluding hydrogens is 216 g/mol. The molecule has 0 saturated carbocycles. The Hall–Kier alpha value is -0.610. The predicted octanol–water partition coefficient (Wildman–Crippen LogP) is 1.56. The van der Waals surface area contributed by atoms with Gasteiger partial charge in [-0.05, 0) is 38.8 Å². The van der Waals surface area contributed by atoms with Crippen molar-refractivity contribution in [1.82, 2.24) is 10.2 Å². The van der Waals surface area contributed by atoms with Crippen molar-refractivity contribution in [2.75, 3.05) is 26.2 Å². The zero-order valence-corrected chi connectivity index (χ0v) is 11.3. The smallest absolute Gasteiger partial charge is 0.323 e. The molecule has 0 spiro atoms. The normalized spacial score (nSPS) is 24.8. The standard InChI is InChI=1S/C13H26N2O2/c1-4-7-13(3,12(16)17)14-9-11-6-8-15(5-2)10-11/h11,14H,4-10H2,1-3H3,(H,16,17). The van der Waals surface area contributed by atoms with Crippen molar-refractivity contribution in [1.29, 1.82) is 0 Å². The summed E-state index contributed by atoms with van der Waals surface area (Å²) in [4.78, 5) is 13.7. The van der Waals surface area contributed by atoms with Crippen LogP contribution in [0.5, 0.6) is 0 Å². The lowest BCUT2D eigenvalue weighted by molar-refractivity contribution is -0.144. The summed E-state index contributed by atoms with van der Waals surface area (Å²) in [5.74, 6) is -0.129. The minimum Gasteiger partial charge on any atom is -0.480 e. The molecule has 17 heavy (non-hydrogen) atoms. The third kappa shape index (κ3) is 3.96. The Labute approximate surface area is 104 Å². The van der Waals surface area contributed by atoms with Crippen LogP contribution in [0.2, 0.25) is 0 Å². The molecule has 1 saturated heterocycles. The molecule has 1 fully saturated rings. The maximum atomic E-state index is 11.3. The summed E-state index contributed by atoms with van der Waals surface area (Å²) in [5, 5.41) is 12.5. The summed E-state index contributed by atoms with van der Waals surface area (Å²) >= 11 is 0. The second-order valence-corrected chi connectivity index (χ2v) is 5.32. The molecule has 0 aromatic carbocycles. The molecule has 0 amide bonds. The molecule has 0 bridgehead atoms. The van der Waals surface area contributed by atoms with Gasteiger partial charge in [-0.2, -0.15) is 0 Å². The molecule has 4 nitrogen and oxygen atoms in total. The van der Waals surface area contributed by atoms with Gasteiger partial charge in [-0.3, -0.25) is 4.79 Å². The molecule has 2 N–H and O–H groups in total. The van der Waals surface area contributed by atoms with Crippen LogP contribution in [0.15, 0.2) is 0 Å². The van der Waals surface area contributed by atoms with Gasteiger partial charge in [-0.15, -0.1) is 0 Å². The van der Waals surface area contributed by atoms with Crippen molar-refractivity contribution in [2.24, 2.45) is 5.92 Å². The zero-order chi connectivity index (χ0) is 12.9. The monoisotopic (exact) mass is 242 g/mol. The topological polar surface area (TPSA) is 52.6 Å². The highest BCUT2D eigenvalue weighted by molar-refractivity contribution is 5.78. The third-order valence-electron chi connectivity index (χ3n) is 3.82. The first-order valence-corrected chi connectivity index (χ1v) is 6.72. The van der Waals surface area contributed by atoms with Gasteiger partial charge in [0.1, 0.15) is 5.54 Å². The summed E-state index contributed by atoms with van der Waals surface area (Å²) in [6.45, 7) is 10.2. The van der Waals surface area contributed by atoms with Crippen LogP contribution in [0.1, 0.15) is 40.0 Å². The average Bonchev–Trinajstić information content (AvgIpc) is 2.74. The van der Waals surface area contributed by atoms with Gasteiger partial charge in [-0.1, -0.05) is 20.3 Å². The van der Waals surface area contributed by atoms with Crippen molar-refractivity contribution in [3.8, 4) is 0 Å². The van der Waals surface area contributed by atoms with Crippen LogP contribution in [0.3, 0.4) is 0 Å². The Balaban J connectivity index is 2.40. The Morgan fingerprint density at radius 3 is 2.71 bits per heavy atom. The lowest BCUT2D eigenvalue weighted by Gasteiger charge is -2.27. The average molecular weight is 242 g/mol. The Bertz CT molecular complexity index is 258. The number of likely N-dealkylation sites (tertiary alicyclic amines) is 1. The number of hydrogen-bond acceptors (Lipinski definition) is 3. The van der Waals surface area contributed by atoms with E-state index in [0.29, 0.717) is 12.3 Å². The van der Waals surface area contributed by atoms with Gasteiger partial charge in [0, 0.05) is 13.1 Å². The number of nitrogens with zero attached hydrogens (tertiary/aromatic N) is 1. The Morgan fingerprint density at radius 1 is 1.53 bits per heavy atom. The molecule has 100 valence electrons. The molecule has 0 radical (unpaired) electrons. The molecule has 1 heterocycles. The first-order valence-electron chi connectivity index (χ1n) is 6.72. The van der Waals surface area contributed by atoms with Crippen LogP contribution in [0, 0.1) is 5.92 Å². The van der Waals surface area contributed by atoms with Crippen LogP contribution >= 0.6 is 0 Å². The van der Waals surface area contributed by atoms with E-state index in [-0.39, 0.29) is 0 Å². The largest absolute Gasteiger partial charge is 0.480 e. The van der Waals surface area contributed by atoms with E-state index in [1.807, 2.05) is 6.92 Å². The number of carboxylic acid groups (broad SMARTS) is 1. The molecule has 0 aromatic heterocycles. The first kappa shape index (κ1) is 14.5. The number of aliphatic carboxylic acids is 1. The molecule has 1 rings (SSSR count). The number of carboxylic acids is 1. The highest BCUT2D eigenvalue weighted by Crippen LogP contribution is 2.18. The maximum absolute atomic E-state index is 11.3. The van der Waals surface area contributed by atoms with Crippen LogP contribution in [-0.4, -0.2) is 47.7 Å². The second-order valence-electron chi connectivity index (χ2n) is 5.32. The summed E-state index contributed by atoms with van der Waals surface area (Å²) in [7, 11) is 0. The number of hydrogen-bond donors (Lipinski definition) is 2. The van der Waals surface area contributed by atoms with E-state index in [9.17, 15) is 9.90 Å². The minimum atomic E-state index is -0.756. The third-order valence-corrected chi connectivity index (χ3v) is 3.82. The SMILES string of the molecule is CCCC(C)(NCC1CCN(CC)C1)C(=O)O. The van der Waals surface area contributed by atoms with E-state index in [2.05, 4.69) is 17.1 Å². The fourth-order valence-electron chi connectivity index (χ4n) is 2.51. The van der Waals surface area contributed by atoms with Crippen molar-refractivity contribution in [3.63, 3.8) is 0 Å². The molecular formula is C13H26N2O2. The van der Waals surface area contributed by atoms with E-state index < -0.39 is 11.5 Å². The van der Waals surface area contributed by atoms with Crippen molar-refractivity contribution < 1.29 is 9.90 Å². The molecule has 2 unspecified atom stereocenters. The quantitative estimate of drug-likeness (QED) is 0.711. The molecule has 0 aromatic rings. The van der Waals surface area contributed by atoms with Gasteiger partial charge >= 0.3 is 5.97 Å². The van der Waals surface area contributed by atoms with Crippen LogP contribution in [0.4, 0.5) is 0 Å². The van der Waals surface area contributed by atoms with E-state index in [1.165, 1.54) is 6.42 Å². The molecule has 1 aliphatic heterocycles. The van der Waals surface area contributed by atoms with E-state index >= 15 is 0 Å². The Kier molecular flexibility index (Phi) is 5.40. The van der Waals surface area contributed by atoms with Crippen LogP contribution in [-0.2, 0) is 4.79 Å². The number of nitrogens with one attached hydrogen (secondary N) is 1. The van der Waals surface area contributed by atoms with Gasteiger partial charge in [0.05, 0.1) is 0 Å². The van der Waals surface area contributed by atoms with Crippen molar-refractivity contribution in [2.45, 2.75) is 45.6 Å². The Morgan fingerprint density at radius 2 is 2.24 bits per heavy atom. The number of rotatable bonds is 7. The first-order chi connectivity index (χ1) is 8.01. The summed E-state index contributed by atoms with van der Waals surface area (Å²) < 4.78 is 0. The fraction of sp³-hybridized carbons (Fsp3) is 0.923. The van der Waals surface area contributed by atoms with Crippen LogP contribution in [0.25, 0.3) is 0 Å². The van der Waals surface area contributed by atoms with E-state index in [4.69, 9.17) is 0 Å². The lowest BCUT2D eigenvalue weighted by Crippen LogP contribution is -2.51. The van der Waals surface area contributed by atoms with E-state index in [0.717, 1.165) is 32.6 Å². The lowest BCUT2D eigenvalue weighted by atomic mass is 9.95. The molecule has 2 atom stereocenters. The summed E-state index contributed by atoms with van der Waals surface area (Å²) in [5.41, 5.74) is -0.756. The maximum Gasteiger partial charge on any atom is 0.323 e. The summed E-state index contributed by atoms with van der Waals surface area (Å²) in [6.07, 6.45) is 2.76. The molecule has 4 heteroatoms. The predicted molar refractivity (Wildman–Crippen MR) is 69.2 cm³/mol. The minimum absolute atomic E-state index is 0.602. The van der Waals surface area contributed by atoms with Gasteiger partial charge in [0.2, 0.25) is 0 Å². The summed E-state index contributed by atoms with van der Waals surface area (Å²) in [6, 6.07) is 0. The fourth-order valence-corrected chi connectivity index (χ4v) is 2.51. The van der Waals surface area contributed by atoms with Crippen LogP contribution < -0.4 is 5.32 Å². The van der Waals surface area contributed by atoms with Gasteiger partial charge in [0.25, 0.3) is 0 Å². The van der Waals surface area contributed by atoms with Gasteiger partial charge in [0.15, 0.2) is 0 Å².